The third-order valence-corrected chi connectivity index (χ3v) is 6.51. The van der Waals surface area contributed by atoms with E-state index in [9.17, 15) is 9.59 Å². The maximum atomic E-state index is 13.2. The molecule has 0 atom stereocenters. The number of hydrogen-bond acceptors (Lipinski definition) is 4. The van der Waals surface area contributed by atoms with Crippen LogP contribution in [0.3, 0.4) is 0 Å². The van der Waals surface area contributed by atoms with E-state index in [0.717, 1.165) is 17.5 Å². The number of thiophene rings is 1. The molecule has 6 nitrogen and oxygen atoms in total. The molecule has 0 N–H and O–H groups in total. The Morgan fingerprint density at radius 2 is 1.74 bits per heavy atom. The molecule has 3 aromatic heterocycles. The molecule has 2 aromatic carbocycles. The fraction of sp³-hybridized carbons (Fsp3) is 0.174. The summed E-state index contributed by atoms with van der Waals surface area (Å²) in [6.07, 6.45) is 0.953. The molecule has 0 saturated heterocycles. The molecule has 0 aliphatic rings. The van der Waals surface area contributed by atoms with Gasteiger partial charge in [-0.25, -0.2) is 13.9 Å². The number of benzene rings is 2. The van der Waals surface area contributed by atoms with Crippen molar-refractivity contribution in [2.75, 3.05) is 0 Å². The third kappa shape index (κ3) is 3.49. The van der Waals surface area contributed by atoms with Crippen LogP contribution < -0.4 is 11.2 Å². The Bertz CT molecular complexity index is 1530. The Kier molecular flexibility index (Phi) is 5.00. The van der Waals surface area contributed by atoms with Crippen LogP contribution in [0.15, 0.2) is 69.6 Å². The van der Waals surface area contributed by atoms with Gasteiger partial charge in [-0.3, -0.25) is 9.36 Å². The molecule has 0 aliphatic heterocycles. The Morgan fingerprint density at radius 1 is 0.968 bits per heavy atom. The first-order valence-electron chi connectivity index (χ1n) is 9.97. The highest BCUT2D eigenvalue weighted by molar-refractivity contribution is 7.17. The second-order valence-electron chi connectivity index (χ2n) is 7.40. The minimum atomic E-state index is -0.284. The molecule has 3 heterocycles. The summed E-state index contributed by atoms with van der Waals surface area (Å²) in [5.41, 5.74) is 3.24. The van der Waals surface area contributed by atoms with Crippen LogP contribution in [0.4, 0.5) is 0 Å². The number of nitrogens with zero attached hydrogens (tertiary/aromatic N) is 4. The molecule has 0 amide bonds. The molecular formula is C23H19ClN4O2S. The highest BCUT2D eigenvalue weighted by Crippen LogP contribution is 2.18. The first-order chi connectivity index (χ1) is 15.0. The second-order valence-corrected chi connectivity index (χ2v) is 8.75. The van der Waals surface area contributed by atoms with Gasteiger partial charge >= 0.3 is 5.69 Å². The van der Waals surface area contributed by atoms with Gasteiger partial charge in [0.15, 0.2) is 0 Å². The fourth-order valence-corrected chi connectivity index (χ4v) is 4.79. The van der Waals surface area contributed by atoms with Crippen molar-refractivity contribution in [3.05, 3.63) is 103 Å². The number of hydrogen-bond donors (Lipinski definition) is 0. The van der Waals surface area contributed by atoms with Crippen LogP contribution in [0.2, 0.25) is 5.02 Å². The molecule has 0 saturated carbocycles. The van der Waals surface area contributed by atoms with E-state index in [-0.39, 0.29) is 17.8 Å². The van der Waals surface area contributed by atoms with Gasteiger partial charge in [0, 0.05) is 5.02 Å². The van der Waals surface area contributed by atoms with Crippen molar-refractivity contribution < 1.29 is 0 Å². The molecule has 5 aromatic rings. The Balaban J connectivity index is 1.69. The molecule has 8 heteroatoms. The van der Waals surface area contributed by atoms with E-state index in [1.54, 1.807) is 22.8 Å². The smallest absolute Gasteiger partial charge is 0.271 e. The van der Waals surface area contributed by atoms with Crippen LogP contribution in [0.1, 0.15) is 23.6 Å². The zero-order valence-corrected chi connectivity index (χ0v) is 18.4. The van der Waals surface area contributed by atoms with Crippen molar-refractivity contribution in [1.82, 2.24) is 18.7 Å². The maximum Gasteiger partial charge on any atom is 0.352 e. The van der Waals surface area contributed by atoms with Gasteiger partial charge in [-0.05, 0) is 46.7 Å². The van der Waals surface area contributed by atoms with E-state index in [2.05, 4.69) is 24.2 Å². The first kappa shape index (κ1) is 19.8. The average molecular weight is 451 g/mol. The Hall–Kier alpha value is -3.16. The molecule has 0 spiro atoms. The summed E-state index contributed by atoms with van der Waals surface area (Å²) in [6.45, 7) is 2.71. The summed E-state index contributed by atoms with van der Waals surface area (Å²) >= 11 is 7.43. The summed E-state index contributed by atoms with van der Waals surface area (Å²) in [7, 11) is 0. The zero-order chi connectivity index (χ0) is 21.5. The summed E-state index contributed by atoms with van der Waals surface area (Å²) in [5, 5.41) is 6.97. The predicted molar refractivity (Wildman–Crippen MR) is 125 cm³/mol. The molecule has 156 valence electrons. The zero-order valence-electron chi connectivity index (χ0n) is 16.8. The number of rotatable bonds is 5. The molecule has 0 bridgehead atoms. The monoisotopic (exact) mass is 450 g/mol. The van der Waals surface area contributed by atoms with Gasteiger partial charge < -0.3 is 0 Å². The lowest BCUT2D eigenvalue weighted by atomic mass is 10.1. The lowest BCUT2D eigenvalue weighted by Gasteiger charge is -2.08. The quantitative estimate of drug-likeness (QED) is 0.403. The van der Waals surface area contributed by atoms with Crippen molar-refractivity contribution in [3.8, 4) is 0 Å². The molecular weight excluding hydrogens is 432 g/mol. The van der Waals surface area contributed by atoms with Crippen molar-refractivity contribution in [1.29, 1.82) is 0 Å². The lowest BCUT2D eigenvalue weighted by Crippen LogP contribution is -2.26. The van der Waals surface area contributed by atoms with Gasteiger partial charge in [-0.1, -0.05) is 54.9 Å². The second kappa shape index (κ2) is 7.83. The van der Waals surface area contributed by atoms with E-state index in [1.165, 1.54) is 26.0 Å². The Morgan fingerprint density at radius 3 is 2.48 bits per heavy atom. The highest BCUT2D eigenvalue weighted by Gasteiger charge is 2.18. The van der Waals surface area contributed by atoms with Gasteiger partial charge in [0.25, 0.3) is 5.56 Å². The maximum absolute atomic E-state index is 13.2. The molecule has 0 aliphatic carbocycles. The van der Waals surface area contributed by atoms with Crippen molar-refractivity contribution in [2.45, 2.75) is 26.4 Å². The summed E-state index contributed by atoms with van der Waals surface area (Å²) in [4.78, 5) is 26.5. The largest absolute Gasteiger partial charge is 0.352 e. The Labute approximate surface area is 186 Å². The summed E-state index contributed by atoms with van der Waals surface area (Å²) in [6, 6.07) is 17.3. The molecule has 0 fully saturated rings. The summed E-state index contributed by atoms with van der Waals surface area (Å²) < 4.78 is 5.03. The van der Waals surface area contributed by atoms with Gasteiger partial charge in [-0.2, -0.15) is 0 Å². The van der Waals surface area contributed by atoms with Crippen LogP contribution in [-0.4, -0.2) is 18.7 Å². The SMILES string of the molecule is CCc1ccc(Cn2c(=O)c3sccc3n3c(=O)n(Cc4cccc(Cl)c4)nc23)cc1. The van der Waals surface area contributed by atoms with E-state index in [4.69, 9.17) is 11.6 Å². The van der Waals surface area contributed by atoms with E-state index < -0.39 is 0 Å². The topological polar surface area (TPSA) is 61.3 Å². The average Bonchev–Trinajstić information content (AvgIpc) is 3.37. The first-order valence-corrected chi connectivity index (χ1v) is 11.2. The van der Waals surface area contributed by atoms with Gasteiger partial charge in [0.2, 0.25) is 5.78 Å². The fourth-order valence-electron chi connectivity index (χ4n) is 3.75. The van der Waals surface area contributed by atoms with Crippen LogP contribution >= 0.6 is 22.9 Å². The van der Waals surface area contributed by atoms with Crippen molar-refractivity contribution >= 4 is 38.9 Å². The molecule has 5 rings (SSSR count). The summed E-state index contributed by atoms with van der Waals surface area (Å²) in [5.74, 6) is 0.336. The van der Waals surface area contributed by atoms with Crippen molar-refractivity contribution in [2.24, 2.45) is 0 Å². The minimum absolute atomic E-state index is 0.142. The normalized spacial score (nSPS) is 11.5. The standard InChI is InChI=1S/C23H19ClN4O2S/c1-2-15-6-8-16(9-7-15)13-26-21(29)20-19(10-11-31-20)28-22(26)25-27(23(28)30)14-17-4-3-5-18(24)12-17/h3-12H,2,13-14H2,1H3. The van der Waals surface area contributed by atoms with Gasteiger partial charge in [0.05, 0.1) is 18.6 Å². The van der Waals surface area contributed by atoms with Gasteiger partial charge in [0.1, 0.15) is 4.70 Å². The lowest BCUT2D eigenvalue weighted by molar-refractivity contribution is 0.654. The van der Waals surface area contributed by atoms with Crippen molar-refractivity contribution in [3.63, 3.8) is 0 Å². The van der Waals surface area contributed by atoms with E-state index in [1.807, 2.05) is 29.6 Å². The number of halogens is 1. The van der Waals surface area contributed by atoms with E-state index in [0.29, 0.717) is 27.6 Å². The number of aromatic nitrogens is 4. The predicted octanol–water partition coefficient (Wildman–Crippen LogP) is 4.18. The van der Waals surface area contributed by atoms with Crippen LogP contribution in [0, 0.1) is 0 Å². The minimum Gasteiger partial charge on any atom is -0.271 e. The molecule has 0 unspecified atom stereocenters. The van der Waals surface area contributed by atoms with E-state index >= 15 is 0 Å². The molecule has 0 radical (unpaired) electrons. The molecule has 31 heavy (non-hydrogen) atoms. The van der Waals surface area contributed by atoms with Gasteiger partial charge in [-0.15, -0.1) is 16.4 Å². The van der Waals surface area contributed by atoms with Crippen LogP contribution in [0.5, 0.6) is 0 Å². The third-order valence-electron chi connectivity index (χ3n) is 5.38. The number of aryl methyl sites for hydroxylation is 1. The van der Waals surface area contributed by atoms with Crippen LogP contribution in [0.25, 0.3) is 16.0 Å². The highest BCUT2D eigenvalue weighted by atomic mass is 35.5. The number of fused-ring (bicyclic) bond motifs is 3. The van der Waals surface area contributed by atoms with Crippen LogP contribution in [-0.2, 0) is 19.5 Å².